The fourth-order valence-corrected chi connectivity index (χ4v) is 2.32. The second-order valence-electron chi connectivity index (χ2n) is 4.52. The van der Waals surface area contributed by atoms with Crippen LogP contribution in [0.2, 0.25) is 0 Å². The number of benzene rings is 1. The van der Waals surface area contributed by atoms with E-state index in [-0.39, 0.29) is 6.42 Å². The van der Waals surface area contributed by atoms with Crippen molar-refractivity contribution in [3.8, 4) is 0 Å². The van der Waals surface area contributed by atoms with Crippen LogP contribution in [0.3, 0.4) is 0 Å². The van der Waals surface area contributed by atoms with Crippen molar-refractivity contribution in [2.24, 2.45) is 0 Å². The first-order valence-electron chi connectivity index (χ1n) is 5.62. The van der Waals surface area contributed by atoms with Crippen LogP contribution >= 0.6 is 0 Å². The molecule has 1 aromatic carbocycles. The van der Waals surface area contributed by atoms with Gasteiger partial charge in [-0.25, -0.2) is 0 Å². The Morgan fingerprint density at radius 1 is 1.24 bits per heavy atom. The third-order valence-corrected chi connectivity index (χ3v) is 3.40. The summed E-state index contributed by atoms with van der Waals surface area (Å²) in [6.45, 7) is 8.05. The fraction of sp³-hybridized carbons (Fsp3) is 0.357. The number of carboxylic acids is 1. The largest absolute Gasteiger partial charge is 0.481 e. The van der Waals surface area contributed by atoms with E-state index in [1.165, 1.54) is 16.7 Å². The molecule has 0 atom stereocenters. The Kier molecular flexibility index (Phi) is 2.69. The van der Waals surface area contributed by atoms with E-state index in [2.05, 4.69) is 13.8 Å². The van der Waals surface area contributed by atoms with Gasteiger partial charge in [0, 0.05) is 10.8 Å². The molecule has 1 aromatic heterocycles. The lowest BCUT2D eigenvalue weighted by atomic mass is 9.97. The molecular weight excluding hydrogens is 216 g/mol. The van der Waals surface area contributed by atoms with Gasteiger partial charge in [-0.1, -0.05) is 0 Å². The molecule has 2 aromatic rings. The predicted molar refractivity (Wildman–Crippen MR) is 66.5 cm³/mol. The van der Waals surface area contributed by atoms with Crippen LogP contribution in [0.15, 0.2) is 10.5 Å². The molecule has 0 aliphatic rings. The monoisotopic (exact) mass is 232 g/mol. The van der Waals surface area contributed by atoms with E-state index in [9.17, 15) is 4.79 Å². The molecule has 3 nitrogen and oxygen atoms in total. The van der Waals surface area contributed by atoms with Crippen LogP contribution in [-0.2, 0) is 11.2 Å². The summed E-state index contributed by atoms with van der Waals surface area (Å²) in [5.41, 5.74) is 3.59. The van der Waals surface area contributed by atoms with Gasteiger partial charge in [0.15, 0.2) is 0 Å². The van der Waals surface area contributed by atoms with Crippen molar-refractivity contribution in [3.63, 3.8) is 0 Å². The first-order chi connectivity index (χ1) is 7.91. The summed E-state index contributed by atoms with van der Waals surface area (Å²) in [7, 11) is 0. The van der Waals surface area contributed by atoms with Gasteiger partial charge in [0.25, 0.3) is 0 Å². The van der Waals surface area contributed by atoms with Crippen molar-refractivity contribution in [1.82, 2.24) is 0 Å². The number of hydrogen-bond donors (Lipinski definition) is 1. The normalized spacial score (nSPS) is 11.1. The van der Waals surface area contributed by atoms with Crippen LogP contribution in [0.5, 0.6) is 0 Å². The van der Waals surface area contributed by atoms with Crippen LogP contribution in [0.4, 0.5) is 0 Å². The van der Waals surface area contributed by atoms with Gasteiger partial charge in [0.2, 0.25) is 0 Å². The number of aliphatic carboxylic acids is 1. The van der Waals surface area contributed by atoms with Gasteiger partial charge in [-0.3, -0.25) is 4.79 Å². The zero-order chi connectivity index (χ0) is 12.7. The van der Waals surface area contributed by atoms with Gasteiger partial charge < -0.3 is 9.52 Å². The van der Waals surface area contributed by atoms with Crippen molar-refractivity contribution in [2.45, 2.75) is 34.1 Å². The van der Waals surface area contributed by atoms with Crippen molar-refractivity contribution in [1.29, 1.82) is 0 Å². The lowest BCUT2D eigenvalue weighted by molar-refractivity contribution is -0.136. The van der Waals surface area contributed by atoms with Gasteiger partial charge in [-0.2, -0.15) is 0 Å². The standard InChI is InChI=1S/C14H16O3/c1-7-5-11-12(6-13(15)16)17-10(4)14(11)9(3)8(7)2/h5H,6H2,1-4H3,(H,15,16). The molecule has 0 spiro atoms. The quantitative estimate of drug-likeness (QED) is 0.864. The Morgan fingerprint density at radius 2 is 1.88 bits per heavy atom. The van der Waals surface area contributed by atoms with Gasteiger partial charge >= 0.3 is 5.97 Å². The van der Waals surface area contributed by atoms with E-state index >= 15 is 0 Å². The predicted octanol–water partition coefficient (Wildman–Crippen LogP) is 3.29. The molecule has 0 fully saturated rings. The molecule has 0 unspecified atom stereocenters. The maximum atomic E-state index is 10.8. The summed E-state index contributed by atoms with van der Waals surface area (Å²) in [6, 6.07) is 2.02. The van der Waals surface area contributed by atoms with E-state index < -0.39 is 5.97 Å². The summed E-state index contributed by atoms with van der Waals surface area (Å²) in [6.07, 6.45) is -0.0632. The molecule has 0 aliphatic heterocycles. The Bertz CT molecular complexity index is 606. The smallest absolute Gasteiger partial charge is 0.311 e. The minimum atomic E-state index is -0.864. The number of carbonyl (C=O) groups is 1. The van der Waals surface area contributed by atoms with Crippen molar-refractivity contribution >= 4 is 16.7 Å². The number of fused-ring (bicyclic) bond motifs is 1. The Labute approximate surface area is 100 Å². The lowest BCUT2D eigenvalue weighted by Gasteiger charge is -2.06. The highest BCUT2D eigenvalue weighted by molar-refractivity contribution is 5.93. The molecule has 0 saturated heterocycles. The summed E-state index contributed by atoms with van der Waals surface area (Å²) in [5.74, 6) is 0.490. The molecule has 1 N–H and O–H groups in total. The topological polar surface area (TPSA) is 50.4 Å². The fourth-order valence-electron chi connectivity index (χ4n) is 2.32. The lowest BCUT2D eigenvalue weighted by Crippen LogP contribution is -1.99. The Balaban J connectivity index is 2.78. The molecule has 0 radical (unpaired) electrons. The SMILES string of the molecule is Cc1cc2c(CC(=O)O)oc(C)c2c(C)c1C. The van der Waals surface area contributed by atoms with Gasteiger partial charge in [0.05, 0.1) is 0 Å². The van der Waals surface area contributed by atoms with Crippen molar-refractivity contribution in [3.05, 3.63) is 34.3 Å². The summed E-state index contributed by atoms with van der Waals surface area (Å²) in [5, 5.41) is 10.9. The second kappa shape index (κ2) is 3.91. The average molecular weight is 232 g/mol. The molecule has 0 bridgehead atoms. The van der Waals surface area contributed by atoms with Gasteiger partial charge in [-0.05, 0) is 50.5 Å². The van der Waals surface area contributed by atoms with E-state index in [1.807, 2.05) is 19.9 Å². The number of hydrogen-bond acceptors (Lipinski definition) is 2. The minimum absolute atomic E-state index is 0.0632. The summed E-state index contributed by atoms with van der Waals surface area (Å²) < 4.78 is 5.59. The highest BCUT2D eigenvalue weighted by atomic mass is 16.4. The van der Waals surface area contributed by atoms with E-state index in [0.29, 0.717) is 5.76 Å². The van der Waals surface area contributed by atoms with Crippen LogP contribution in [0.1, 0.15) is 28.2 Å². The molecule has 3 heteroatoms. The molecule has 0 amide bonds. The molecule has 0 saturated carbocycles. The first kappa shape index (κ1) is 11.7. The zero-order valence-electron chi connectivity index (χ0n) is 10.5. The summed E-state index contributed by atoms with van der Waals surface area (Å²) >= 11 is 0. The van der Waals surface area contributed by atoms with E-state index in [4.69, 9.17) is 9.52 Å². The third-order valence-electron chi connectivity index (χ3n) is 3.40. The van der Waals surface area contributed by atoms with Gasteiger partial charge in [-0.15, -0.1) is 0 Å². The highest BCUT2D eigenvalue weighted by Crippen LogP contribution is 2.32. The van der Waals surface area contributed by atoms with Crippen LogP contribution in [0.25, 0.3) is 10.8 Å². The van der Waals surface area contributed by atoms with E-state index in [1.54, 1.807) is 0 Å². The summed E-state index contributed by atoms with van der Waals surface area (Å²) in [4.78, 5) is 10.8. The molecule has 0 aliphatic carbocycles. The van der Waals surface area contributed by atoms with E-state index in [0.717, 1.165) is 16.5 Å². The Morgan fingerprint density at radius 3 is 2.47 bits per heavy atom. The molecular formula is C14H16O3. The Hall–Kier alpha value is -1.77. The molecule has 17 heavy (non-hydrogen) atoms. The molecule has 1 heterocycles. The maximum Gasteiger partial charge on any atom is 0.311 e. The number of carboxylic acid groups (broad SMARTS) is 1. The van der Waals surface area contributed by atoms with Crippen LogP contribution in [-0.4, -0.2) is 11.1 Å². The third kappa shape index (κ3) is 1.82. The van der Waals surface area contributed by atoms with Crippen LogP contribution < -0.4 is 0 Å². The number of rotatable bonds is 2. The highest BCUT2D eigenvalue weighted by Gasteiger charge is 2.16. The number of furan rings is 1. The van der Waals surface area contributed by atoms with Crippen LogP contribution in [0, 0.1) is 27.7 Å². The van der Waals surface area contributed by atoms with Crippen molar-refractivity contribution < 1.29 is 14.3 Å². The van der Waals surface area contributed by atoms with Crippen molar-refractivity contribution in [2.75, 3.05) is 0 Å². The number of aryl methyl sites for hydroxylation is 3. The van der Waals surface area contributed by atoms with Gasteiger partial charge in [0.1, 0.15) is 17.9 Å². The zero-order valence-corrected chi connectivity index (χ0v) is 10.5. The second-order valence-corrected chi connectivity index (χ2v) is 4.52. The molecule has 90 valence electrons. The minimum Gasteiger partial charge on any atom is -0.481 e. The first-order valence-corrected chi connectivity index (χ1v) is 5.62. The molecule has 2 rings (SSSR count). The average Bonchev–Trinajstić information content (AvgIpc) is 2.51. The maximum absolute atomic E-state index is 10.8.